The molecule has 1 heterocycles. The Kier molecular flexibility index (Phi) is 4.84. The van der Waals surface area contributed by atoms with E-state index in [0.29, 0.717) is 11.3 Å². The molecular formula is C14H15NO5S2. The molecule has 0 bridgehead atoms. The van der Waals surface area contributed by atoms with Crippen molar-refractivity contribution in [3.8, 4) is 5.75 Å². The molecule has 0 amide bonds. The number of ether oxygens (including phenoxy) is 1. The quantitative estimate of drug-likeness (QED) is 0.842. The zero-order valence-corrected chi connectivity index (χ0v) is 13.6. The largest absolute Gasteiger partial charge is 0.496 e. The first-order chi connectivity index (χ1) is 10.3. The van der Waals surface area contributed by atoms with E-state index >= 15 is 0 Å². The van der Waals surface area contributed by atoms with Gasteiger partial charge in [0.25, 0.3) is 10.0 Å². The standard InChI is InChI=1S/C14H15NO5S2/c1-9(11-5-3-4-6-12(11)20-2)15-22(18,19)13-7-10(8-21-13)14(16)17/h3-9,15H,1-2H3,(H,16,17)/t9-/m1/s1. The van der Waals surface area contributed by atoms with Crippen molar-refractivity contribution in [3.63, 3.8) is 0 Å². The van der Waals surface area contributed by atoms with E-state index in [1.165, 1.54) is 12.5 Å². The maximum absolute atomic E-state index is 12.3. The topological polar surface area (TPSA) is 92.7 Å². The molecule has 2 rings (SSSR count). The van der Waals surface area contributed by atoms with Crippen molar-refractivity contribution in [1.82, 2.24) is 4.72 Å². The number of carboxylic acid groups (broad SMARTS) is 1. The molecule has 1 aromatic heterocycles. The Labute approximate surface area is 132 Å². The van der Waals surface area contributed by atoms with Crippen LogP contribution in [0, 0.1) is 0 Å². The molecule has 0 saturated carbocycles. The summed E-state index contributed by atoms with van der Waals surface area (Å²) in [7, 11) is -2.28. The number of carboxylic acids is 1. The Morgan fingerprint density at radius 2 is 2.05 bits per heavy atom. The number of carbonyl (C=O) groups is 1. The van der Waals surface area contributed by atoms with Gasteiger partial charge in [0.05, 0.1) is 12.7 Å². The lowest BCUT2D eigenvalue weighted by atomic mass is 10.1. The molecule has 0 radical (unpaired) electrons. The number of thiophene rings is 1. The molecule has 118 valence electrons. The van der Waals surface area contributed by atoms with Crippen molar-refractivity contribution in [2.45, 2.75) is 17.2 Å². The molecule has 2 aromatic rings. The number of para-hydroxylation sites is 1. The highest BCUT2D eigenvalue weighted by molar-refractivity contribution is 7.91. The van der Waals surface area contributed by atoms with Gasteiger partial charge in [-0.25, -0.2) is 17.9 Å². The fraction of sp³-hybridized carbons (Fsp3) is 0.214. The van der Waals surface area contributed by atoms with Crippen LogP contribution in [-0.2, 0) is 10.0 Å². The maximum Gasteiger partial charge on any atom is 0.336 e. The van der Waals surface area contributed by atoms with Crippen LogP contribution in [0.1, 0.15) is 28.9 Å². The number of sulfonamides is 1. The average molecular weight is 341 g/mol. The van der Waals surface area contributed by atoms with Gasteiger partial charge in [-0.3, -0.25) is 0 Å². The molecule has 0 aliphatic rings. The molecular weight excluding hydrogens is 326 g/mol. The van der Waals surface area contributed by atoms with E-state index < -0.39 is 22.0 Å². The summed E-state index contributed by atoms with van der Waals surface area (Å²) in [6, 6.07) is 7.72. The van der Waals surface area contributed by atoms with Crippen LogP contribution in [0.2, 0.25) is 0 Å². The summed E-state index contributed by atoms with van der Waals surface area (Å²) >= 11 is 0.869. The van der Waals surface area contributed by atoms with Gasteiger partial charge in [0, 0.05) is 17.0 Å². The lowest BCUT2D eigenvalue weighted by Gasteiger charge is -2.16. The number of benzene rings is 1. The van der Waals surface area contributed by atoms with Gasteiger partial charge in [0.2, 0.25) is 0 Å². The summed E-state index contributed by atoms with van der Waals surface area (Å²) in [5.41, 5.74) is 0.652. The molecule has 0 fully saturated rings. The summed E-state index contributed by atoms with van der Waals surface area (Å²) < 4.78 is 32.3. The Hall–Kier alpha value is -1.90. The van der Waals surface area contributed by atoms with Gasteiger partial charge < -0.3 is 9.84 Å². The Morgan fingerprint density at radius 3 is 2.64 bits per heavy atom. The molecule has 1 atom stereocenters. The summed E-state index contributed by atoms with van der Waals surface area (Å²) in [5, 5.41) is 10.2. The average Bonchev–Trinajstić information content (AvgIpc) is 2.97. The molecule has 0 saturated heterocycles. The number of hydrogen-bond donors (Lipinski definition) is 2. The fourth-order valence-corrected chi connectivity index (χ4v) is 4.34. The summed E-state index contributed by atoms with van der Waals surface area (Å²) in [6.45, 7) is 1.70. The van der Waals surface area contributed by atoms with Crippen LogP contribution in [0.25, 0.3) is 0 Å². The normalized spacial score (nSPS) is 12.8. The number of nitrogens with one attached hydrogen (secondary N) is 1. The van der Waals surface area contributed by atoms with E-state index in [-0.39, 0.29) is 9.77 Å². The van der Waals surface area contributed by atoms with Gasteiger partial charge in [-0.2, -0.15) is 0 Å². The van der Waals surface area contributed by atoms with Crippen molar-refractivity contribution in [2.75, 3.05) is 7.11 Å². The van der Waals surface area contributed by atoms with Gasteiger partial charge in [0.15, 0.2) is 0 Å². The summed E-state index contributed by atoms with van der Waals surface area (Å²) in [4.78, 5) is 10.8. The molecule has 22 heavy (non-hydrogen) atoms. The molecule has 0 spiro atoms. The minimum Gasteiger partial charge on any atom is -0.496 e. The van der Waals surface area contributed by atoms with E-state index in [9.17, 15) is 13.2 Å². The van der Waals surface area contributed by atoms with Crippen molar-refractivity contribution in [3.05, 3.63) is 46.8 Å². The Bertz CT molecular complexity index is 782. The lowest BCUT2D eigenvalue weighted by Crippen LogP contribution is -2.26. The zero-order valence-electron chi connectivity index (χ0n) is 11.9. The lowest BCUT2D eigenvalue weighted by molar-refractivity contribution is 0.0697. The smallest absolute Gasteiger partial charge is 0.336 e. The van der Waals surface area contributed by atoms with Crippen molar-refractivity contribution >= 4 is 27.3 Å². The highest BCUT2D eigenvalue weighted by atomic mass is 32.2. The van der Waals surface area contributed by atoms with Crippen LogP contribution in [0.3, 0.4) is 0 Å². The summed E-state index contributed by atoms with van der Waals surface area (Å²) in [6.07, 6.45) is 0. The van der Waals surface area contributed by atoms with E-state index in [1.54, 1.807) is 31.2 Å². The second-order valence-corrected chi connectivity index (χ2v) is 7.40. The highest BCUT2D eigenvalue weighted by Crippen LogP contribution is 2.27. The van der Waals surface area contributed by atoms with Crippen LogP contribution >= 0.6 is 11.3 Å². The molecule has 0 aliphatic heterocycles. The molecule has 6 nitrogen and oxygen atoms in total. The third-order valence-electron chi connectivity index (χ3n) is 3.02. The SMILES string of the molecule is COc1ccccc1[C@@H](C)NS(=O)(=O)c1cc(C(=O)O)cs1. The number of aromatic carboxylic acids is 1. The minimum atomic E-state index is -3.80. The van der Waals surface area contributed by atoms with Crippen molar-refractivity contribution < 1.29 is 23.1 Å². The van der Waals surface area contributed by atoms with E-state index in [0.717, 1.165) is 17.4 Å². The first-order valence-corrected chi connectivity index (χ1v) is 8.68. The van der Waals surface area contributed by atoms with Crippen LogP contribution < -0.4 is 9.46 Å². The Balaban J connectivity index is 2.25. The first-order valence-electron chi connectivity index (χ1n) is 6.32. The third-order valence-corrected chi connectivity index (χ3v) is 6.00. The van der Waals surface area contributed by atoms with E-state index in [4.69, 9.17) is 9.84 Å². The van der Waals surface area contributed by atoms with Crippen LogP contribution in [0.5, 0.6) is 5.75 Å². The molecule has 1 aromatic carbocycles. The van der Waals surface area contributed by atoms with Gasteiger partial charge in [-0.15, -0.1) is 11.3 Å². The molecule has 0 unspecified atom stereocenters. The maximum atomic E-state index is 12.3. The Morgan fingerprint density at radius 1 is 1.36 bits per heavy atom. The van der Waals surface area contributed by atoms with Gasteiger partial charge in [-0.05, 0) is 19.1 Å². The number of hydrogen-bond acceptors (Lipinski definition) is 5. The highest BCUT2D eigenvalue weighted by Gasteiger charge is 2.23. The molecule has 0 aliphatic carbocycles. The summed E-state index contributed by atoms with van der Waals surface area (Å²) in [5.74, 6) is -0.578. The first kappa shape index (κ1) is 16.5. The van der Waals surface area contributed by atoms with Gasteiger partial charge in [-0.1, -0.05) is 18.2 Å². The number of rotatable bonds is 6. The monoisotopic (exact) mass is 341 g/mol. The van der Waals surface area contributed by atoms with Crippen LogP contribution in [0.15, 0.2) is 39.9 Å². The van der Waals surface area contributed by atoms with Crippen molar-refractivity contribution in [2.24, 2.45) is 0 Å². The molecule has 2 N–H and O–H groups in total. The zero-order chi connectivity index (χ0) is 16.3. The van der Waals surface area contributed by atoms with Gasteiger partial charge in [0.1, 0.15) is 9.96 Å². The molecule has 8 heteroatoms. The second kappa shape index (κ2) is 6.47. The van der Waals surface area contributed by atoms with E-state index in [1.807, 2.05) is 0 Å². The van der Waals surface area contributed by atoms with Crippen LogP contribution in [0.4, 0.5) is 0 Å². The minimum absolute atomic E-state index is 0.0355. The number of methoxy groups -OCH3 is 1. The predicted octanol–water partition coefficient (Wildman–Crippen LogP) is 2.49. The van der Waals surface area contributed by atoms with Crippen LogP contribution in [-0.4, -0.2) is 26.6 Å². The van der Waals surface area contributed by atoms with Crippen molar-refractivity contribution in [1.29, 1.82) is 0 Å². The van der Waals surface area contributed by atoms with E-state index in [2.05, 4.69) is 4.72 Å². The predicted molar refractivity (Wildman–Crippen MR) is 83.0 cm³/mol. The third kappa shape index (κ3) is 3.46. The second-order valence-electron chi connectivity index (χ2n) is 4.54. The van der Waals surface area contributed by atoms with Gasteiger partial charge >= 0.3 is 5.97 Å². The fourth-order valence-electron chi connectivity index (χ4n) is 1.95.